The summed E-state index contributed by atoms with van der Waals surface area (Å²) in [6.45, 7) is 7.57. The van der Waals surface area contributed by atoms with E-state index in [0.29, 0.717) is 10.8 Å². The lowest BCUT2D eigenvalue weighted by atomic mass is 9.96. The van der Waals surface area contributed by atoms with Crippen molar-refractivity contribution in [3.05, 3.63) is 102 Å². The number of hydrogen-bond acceptors (Lipinski definition) is 6. The summed E-state index contributed by atoms with van der Waals surface area (Å²) in [6.07, 6.45) is 2.94. The molecule has 2 N–H and O–H groups in total. The van der Waals surface area contributed by atoms with Crippen molar-refractivity contribution in [3.8, 4) is 5.69 Å². The van der Waals surface area contributed by atoms with E-state index < -0.39 is 10.0 Å². The third kappa shape index (κ3) is 5.59. The number of nitrogens with zero attached hydrogens (tertiary/aromatic N) is 4. The van der Waals surface area contributed by atoms with E-state index >= 15 is 0 Å². The number of pyridine rings is 1. The maximum Gasteiger partial charge on any atom is 0.229 e. The summed E-state index contributed by atoms with van der Waals surface area (Å²) in [7, 11) is -3.38. The van der Waals surface area contributed by atoms with Crippen LogP contribution in [0, 0.1) is 13.8 Å². The molecule has 4 heterocycles. The number of thiocarbonyl (C=S) groups is 1. The molecule has 0 bridgehead atoms. The maximum atomic E-state index is 11.7. The first-order valence-corrected chi connectivity index (χ1v) is 16.2. The summed E-state index contributed by atoms with van der Waals surface area (Å²) in [5, 5.41) is 4.10. The first-order valence-electron chi connectivity index (χ1n) is 13.9. The normalized spacial score (nSPS) is 19.2. The van der Waals surface area contributed by atoms with Crippen LogP contribution in [0.25, 0.3) is 5.69 Å². The number of aryl methyl sites for hydroxylation is 1. The van der Waals surface area contributed by atoms with E-state index in [4.69, 9.17) is 17.0 Å². The Hall–Kier alpha value is -3.93. The number of morpholine rings is 1. The van der Waals surface area contributed by atoms with Gasteiger partial charge in [0.25, 0.3) is 0 Å². The van der Waals surface area contributed by atoms with Gasteiger partial charge in [0.2, 0.25) is 10.0 Å². The second kappa shape index (κ2) is 11.4. The second-order valence-corrected chi connectivity index (χ2v) is 12.8. The van der Waals surface area contributed by atoms with Crippen LogP contribution in [0.3, 0.4) is 0 Å². The minimum Gasteiger partial charge on any atom is -0.378 e. The predicted octanol–water partition coefficient (Wildman–Crippen LogP) is 4.87. The SMILES string of the molecule is Cc1cc([C@@H]2[C@@H](c3ccccn3)NC(=S)N2c2ccc(NS(C)(=O)=O)cc2)c(C)n1-c1ccc(N2CCOCC2)cc1. The Balaban J connectivity index is 1.39. The molecule has 0 amide bonds. The summed E-state index contributed by atoms with van der Waals surface area (Å²) in [5.41, 5.74) is 7.90. The third-order valence-corrected chi connectivity index (χ3v) is 8.74. The molecule has 2 aromatic carbocycles. The smallest absolute Gasteiger partial charge is 0.229 e. The average Bonchev–Trinajstić information content (AvgIpc) is 3.48. The standard InChI is InChI=1S/C31H34N6O3S2/c1-21-20-27(22(2)36(21)25-13-11-24(12-14-25)35-16-18-40-19-17-35)30-29(28-6-4-5-15-32-28)33-31(41)37(30)26-9-7-23(8-10-26)34-42(3,38)39/h4-15,20,29-30,34H,16-19H2,1-3H3,(H,33,41)/t29-,30-/m1/s1. The predicted molar refractivity (Wildman–Crippen MR) is 171 cm³/mol. The molecule has 0 radical (unpaired) electrons. The number of benzene rings is 2. The van der Waals surface area contributed by atoms with Gasteiger partial charge >= 0.3 is 0 Å². The Morgan fingerprint density at radius 3 is 2.26 bits per heavy atom. The highest BCUT2D eigenvalue weighted by atomic mass is 32.2. The molecule has 42 heavy (non-hydrogen) atoms. The van der Waals surface area contributed by atoms with Crippen LogP contribution in [0.5, 0.6) is 0 Å². The van der Waals surface area contributed by atoms with Gasteiger partial charge in [-0.1, -0.05) is 6.07 Å². The van der Waals surface area contributed by atoms with Crippen molar-refractivity contribution in [1.82, 2.24) is 14.9 Å². The summed E-state index contributed by atoms with van der Waals surface area (Å²) in [4.78, 5) is 9.13. The Bertz CT molecular complexity index is 1680. The number of sulfonamides is 1. The maximum absolute atomic E-state index is 11.7. The Labute approximate surface area is 252 Å². The van der Waals surface area contributed by atoms with Gasteiger partial charge in [0, 0.05) is 53.4 Å². The zero-order valence-corrected chi connectivity index (χ0v) is 25.5. The van der Waals surface area contributed by atoms with Crippen molar-refractivity contribution in [2.24, 2.45) is 0 Å². The molecule has 2 fully saturated rings. The zero-order valence-electron chi connectivity index (χ0n) is 23.8. The van der Waals surface area contributed by atoms with E-state index in [2.05, 4.69) is 73.6 Å². The van der Waals surface area contributed by atoms with Crippen LogP contribution in [0.4, 0.5) is 17.1 Å². The second-order valence-electron chi connectivity index (χ2n) is 10.7. The van der Waals surface area contributed by atoms with Gasteiger partial charge in [0.05, 0.1) is 37.2 Å². The van der Waals surface area contributed by atoms with Crippen LogP contribution in [0.1, 0.15) is 34.7 Å². The number of ether oxygens (including phenoxy) is 1. The Morgan fingerprint density at radius 2 is 1.62 bits per heavy atom. The van der Waals surface area contributed by atoms with Gasteiger partial charge in [0.1, 0.15) is 0 Å². The number of hydrogen-bond donors (Lipinski definition) is 2. The molecular weight excluding hydrogens is 569 g/mol. The molecule has 6 rings (SSSR count). The van der Waals surface area contributed by atoms with Crippen molar-refractivity contribution in [2.75, 3.05) is 47.1 Å². The van der Waals surface area contributed by atoms with E-state index in [0.717, 1.165) is 66.6 Å². The fourth-order valence-electron chi connectivity index (χ4n) is 5.97. The quantitative estimate of drug-likeness (QED) is 0.290. The molecule has 2 atom stereocenters. The van der Waals surface area contributed by atoms with Crippen LogP contribution in [0.2, 0.25) is 0 Å². The lowest BCUT2D eigenvalue weighted by Gasteiger charge is -2.29. The lowest BCUT2D eigenvalue weighted by Crippen LogP contribution is -2.36. The zero-order chi connectivity index (χ0) is 29.4. The van der Waals surface area contributed by atoms with Crippen molar-refractivity contribution >= 4 is 44.4 Å². The number of anilines is 3. The molecule has 9 nitrogen and oxygen atoms in total. The summed E-state index contributed by atoms with van der Waals surface area (Å²) in [5.74, 6) is 0. The molecule has 0 saturated carbocycles. The molecule has 218 valence electrons. The van der Waals surface area contributed by atoms with Crippen LogP contribution in [-0.2, 0) is 14.8 Å². The van der Waals surface area contributed by atoms with Crippen LogP contribution in [0.15, 0.2) is 79.0 Å². The first-order chi connectivity index (χ1) is 20.2. The minimum absolute atomic E-state index is 0.186. The Morgan fingerprint density at radius 1 is 0.952 bits per heavy atom. The molecule has 0 aliphatic carbocycles. The van der Waals surface area contributed by atoms with Gasteiger partial charge < -0.3 is 24.4 Å². The molecule has 2 saturated heterocycles. The molecule has 2 aliphatic rings. The van der Waals surface area contributed by atoms with Crippen molar-refractivity contribution in [1.29, 1.82) is 0 Å². The van der Waals surface area contributed by atoms with E-state index in [1.807, 2.05) is 30.3 Å². The molecule has 2 aliphatic heterocycles. The highest BCUT2D eigenvalue weighted by Gasteiger charge is 2.42. The van der Waals surface area contributed by atoms with E-state index in [9.17, 15) is 8.42 Å². The van der Waals surface area contributed by atoms with Crippen LogP contribution < -0.4 is 19.8 Å². The molecule has 11 heteroatoms. The van der Waals surface area contributed by atoms with Crippen LogP contribution in [-0.4, -0.2) is 55.6 Å². The number of nitrogens with one attached hydrogen (secondary N) is 2. The van der Waals surface area contributed by atoms with Gasteiger partial charge in [-0.15, -0.1) is 0 Å². The highest BCUT2D eigenvalue weighted by molar-refractivity contribution is 7.92. The first kappa shape index (κ1) is 28.2. The Kier molecular flexibility index (Phi) is 7.65. The monoisotopic (exact) mass is 602 g/mol. The number of aromatic nitrogens is 2. The molecule has 0 spiro atoms. The molecule has 2 aromatic heterocycles. The molecule has 4 aromatic rings. The third-order valence-electron chi connectivity index (χ3n) is 7.82. The fraction of sp³-hybridized carbons (Fsp3) is 0.290. The molecular formula is C31H34N6O3S2. The van der Waals surface area contributed by atoms with Gasteiger partial charge in [-0.05, 0) is 98.4 Å². The van der Waals surface area contributed by atoms with Gasteiger partial charge in [0.15, 0.2) is 5.11 Å². The molecule has 0 unspecified atom stereocenters. The largest absolute Gasteiger partial charge is 0.378 e. The van der Waals surface area contributed by atoms with E-state index in [-0.39, 0.29) is 12.1 Å². The fourth-order valence-corrected chi connectivity index (χ4v) is 6.88. The summed E-state index contributed by atoms with van der Waals surface area (Å²) < 4.78 is 33.8. The van der Waals surface area contributed by atoms with Crippen molar-refractivity contribution in [3.63, 3.8) is 0 Å². The van der Waals surface area contributed by atoms with Gasteiger partial charge in [-0.25, -0.2) is 8.42 Å². The minimum atomic E-state index is -3.38. The van der Waals surface area contributed by atoms with Gasteiger partial charge in [-0.2, -0.15) is 0 Å². The van der Waals surface area contributed by atoms with Crippen molar-refractivity contribution < 1.29 is 13.2 Å². The van der Waals surface area contributed by atoms with Crippen LogP contribution >= 0.6 is 12.2 Å². The lowest BCUT2D eigenvalue weighted by molar-refractivity contribution is 0.122. The van der Waals surface area contributed by atoms with Gasteiger partial charge in [-0.3, -0.25) is 9.71 Å². The highest BCUT2D eigenvalue weighted by Crippen LogP contribution is 2.44. The van der Waals surface area contributed by atoms with E-state index in [1.165, 1.54) is 5.69 Å². The summed E-state index contributed by atoms with van der Waals surface area (Å²) >= 11 is 5.91. The van der Waals surface area contributed by atoms with Crippen molar-refractivity contribution in [2.45, 2.75) is 25.9 Å². The topological polar surface area (TPSA) is 91.7 Å². The average molecular weight is 603 g/mol. The number of rotatable bonds is 7. The van der Waals surface area contributed by atoms with E-state index in [1.54, 1.807) is 18.3 Å². The summed E-state index contributed by atoms with van der Waals surface area (Å²) in [6, 6.07) is 23.8.